The standard InChI is InChI=1S/C14H20N4O/c1-10-8-16-9-12(17-10)18-6-5-14(13(18)19)4-2-3-11(15)7-14/h8-9,11H,2-7,15H2,1H3. The quantitative estimate of drug-likeness (QED) is 0.828. The highest BCUT2D eigenvalue weighted by Gasteiger charge is 2.49. The minimum atomic E-state index is -0.233. The molecular weight excluding hydrogens is 240 g/mol. The van der Waals surface area contributed by atoms with Crippen LogP contribution in [0.4, 0.5) is 5.82 Å². The Morgan fingerprint density at radius 2 is 2.26 bits per heavy atom. The van der Waals surface area contributed by atoms with Gasteiger partial charge in [-0.2, -0.15) is 0 Å². The fourth-order valence-electron chi connectivity index (χ4n) is 3.45. The lowest BCUT2D eigenvalue weighted by Crippen LogP contribution is -2.42. The maximum absolute atomic E-state index is 12.7. The van der Waals surface area contributed by atoms with Crippen molar-refractivity contribution < 1.29 is 4.79 Å². The van der Waals surface area contributed by atoms with E-state index in [0.29, 0.717) is 5.82 Å². The van der Waals surface area contributed by atoms with Crippen molar-refractivity contribution in [3.05, 3.63) is 18.1 Å². The molecule has 2 fully saturated rings. The highest BCUT2D eigenvalue weighted by molar-refractivity contribution is 5.99. The lowest BCUT2D eigenvalue weighted by Gasteiger charge is -2.34. The van der Waals surface area contributed by atoms with Crippen LogP contribution < -0.4 is 10.6 Å². The zero-order valence-electron chi connectivity index (χ0n) is 11.3. The number of nitrogens with two attached hydrogens (primary N) is 1. The number of anilines is 1. The van der Waals surface area contributed by atoms with Crippen LogP contribution in [0.1, 0.15) is 37.8 Å². The van der Waals surface area contributed by atoms with Gasteiger partial charge in [-0.15, -0.1) is 0 Å². The van der Waals surface area contributed by atoms with Crippen LogP contribution in [0.3, 0.4) is 0 Å². The number of hydrogen-bond acceptors (Lipinski definition) is 4. The van der Waals surface area contributed by atoms with Crippen molar-refractivity contribution in [2.45, 2.75) is 45.1 Å². The smallest absolute Gasteiger partial charge is 0.234 e. The number of rotatable bonds is 1. The Morgan fingerprint density at radius 1 is 1.42 bits per heavy atom. The third-order valence-corrected chi connectivity index (χ3v) is 4.41. The van der Waals surface area contributed by atoms with E-state index in [2.05, 4.69) is 9.97 Å². The molecule has 5 nitrogen and oxygen atoms in total. The summed E-state index contributed by atoms with van der Waals surface area (Å²) in [5, 5.41) is 0. The van der Waals surface area contributed by atoms with Gasteiger partial charge in [-0.3, -0.25) is 14.7 Å². The molecule has 0 bridgehead atoms. The molecule has 0 aromatic carbocycles. The summed E-state index contributed by atoms with van der Waals surface area (Å²) < 4.78 is 0. The maximum atomic E-state index is 12.7. The van der Waals surface area contributed by atoms with Crippen LogP contribution in [0.25, 0.3) is 0 Å². The summed E-state index contributed by atoms with van der Waals surface area (Å²) in [7, 11) is 0. The molecule has 1 aromatic rings. The number of nitrogens with zero attached hydrogens (tertiary/aromatic N) is 3. The largest absolute Gasteiger partial charge is 0.328 e. The molecule has 2 unspecified atom stereocenters. The minimum Gasteiger partial charge on any atom is -0.328 e. The molecule has 3 rings (SSSR count). The second-order valence-corrected chi connectivity index (χ2v) is 5.86. The van der Waals surface area contributed by atoms with E-state index in [9.17, 15) is 4.79 Å². The average molecular weight is 260 g/mol. The van der Waals surface area contributed by atoms with Gasteiger partial charge in [0.15, 0.2) is 5.82 Å². The van der Waals surface area contributed by atoms with E-state index in [0.717, 1.165) is 44.3 Å². The molecule has 1 aliphatic carbocycles. The van der Waals surface area contributed by atoms with Gasteiger partial charge in [0.1, 0.15) is 0 Å². The number of hydrogen-bond donors (Lipinski definition) is 1. The normalized spacial score (nSPS) is 31.2. The van der Waals surface area contributed by atoms with Crippen LogP contribution in [-0.4, -0.2) is 28.5 Å². The summed E-state index contributed by atoms with van der Waals surface area (Å²) in [5.41, 5.74) is 6.67. The van der Waals surface area contributed by atoms with Gasteiger partial charge in [0.2, 0.25) is 5.91 Å². The molecule has 2 atom stereocenters. The third-order valence-electron chi connectivity index (χ3n) is 4.41. The van der Waals surface area contributed by atoms with Gasteiger partial charge in [-0.25, -0.2) is 4.98 Å². The van der Waals surface area contributed by atoms with Crippen molar-refractivity contribution in [1.29, 1.82) is 0 Å². The van der Waals surface area contributed by atoms with Crippen LogP contribution in [0.5, 0.6) is 0 Å². The summed E-state index contributed by atoms with van der Waals surface area (Å²) in [6.07, 6.45) is 8.16. The lowest BCUT2D eigenvalue weighted by atomic mass is 9.71. The Hall–Kier alpha value is -1.49. The van der Waals surface area contributed by atoms with Crippen LogP contribution in [0, 0.1) is 12.3 Å². The molecular formula is C14H20N4O. The number of carbonyl (C=O) groups excluding carboxylic acids is 1. The Labute approximate surface area is 113 Å². The van der Waals surface area contributed by atoms with Crippen LogP contribution in [0.2, 0.25) is 0 Å². The van der Waals surface area contributed by atoms with E-state index in [4.69, 9.17) is 5.73 Å². The van der Waals surface area contributed by atoms with Gasteiger partial charge in [0.25, 0.3) is 0 Å². The first-order valence-corrected chi connectivity index (χ1v) is 6.97. The Bertz CT molecular complexity index is 504. The van der Waals surface area contributed by atoms with Crippen molar-refractivity contribution in [3.63, 3.8) is 0 Å². The topological polar surface area (TPSA) is 72.1 Å². The first kappa shape index (κ1) is 12.5. The van der Waals surface area contributed by atoms with E-state index in [1.165, 1.54) is 0 Å². The van der Waals surface area contributed by atoms with E-state index in [1.807, 2.05) is 6.92 Å². The van der Waals surface area contributed by atoms with Gasteiger partial charge in [0.05, 0.1) is 17.3 Å². The van der Waals surface area contributed by atoms with Gasteiger partial charge in [-0.1, -0.05) is 6.42 Å². The number of carbonyl (C=O) groups is 1. The molecule has 1 saturated heterocycles. The van der Waals surface area contributed by atoms with Crippen molar-refractivity contribution in [3.8, 4) is 0 Å². The van der Waals surface area contributed by atoms with Crippen LogP contribution in [-0.2, 0) is 4.79 Å². The monoisotopic (exact) mass is 260 g/mol. The molecule has 1 aliphatic heterocycles. The van der Waals surface area contributed by atoms with Crippen molar-refractivity contribution in [2.24, 2.45) is 11.1 Å². The number of amides is 1. The summed E-state index contributed by atoms with van der Waals surface area (Å²) in [6, 6.07) is 0.168. The van der Waals surface area contributed by atoms with Gasteiger partial charge in [-0.05, 0) is 32.6 Å². The number of aryl methyl sites for hydroxylation is 1. The highest BCUT2D eigenvalue weighted by atomic mass is 16.2. The summed E-state index contributed by atoms with van der Waals surface area (Å²) in [6.45, 7) is 2.63. The van der Waals surface area contributed by atoms with Crippen molar-refractivity contribution >= 4 is 11.7 Å². The molecule has 5 heteroatoms. The molecule has 1 amide bonds. The second-order valence-electron chi connectivity index (χ2n) is 5.86. The zero-order chi connectivity index (χ0) is 13.5. The SMILES string of the molecule is Cc1cncc(N2CCC3(CCCC(N)C3)C2=O)n1. The molecule has 102 valence electrons. The summed E-state index contributed by atoms with van der Waals surface area (Å²) >= 11 is 0. The fourth-order valence-corrected chi connectivity index (χ4v) is 3.45. The van der Waals surface area contributed by atoms with Crippen LogP contribution >= 0.6 is 0 Å². The Balaban J connectivity index is 1.86. The van der Waals surface area contributed by atoms with E-state index in [-0.39, 0.29) is 17.4 Å². The minimum absolute atomic E-state index is 0.168. The first-order chi connectivity index (χ1) is 9.11. The lowest BCUT2D eigenvalue weighted by molar-refractivity contribution is -0.127. The van der Waals surface area contributed by atoms with Crippen molar-refractivity contribution in [2.75, 3.05) is 11.4 Å². The molecule has 1 saturated carbocycles. The molecule has 2 aliphatic rings. The fraction of sp³-hybridized carbons (Fsp3) is 0.643. The predicted octanol–water partition coefficient (Wildman–Crippen LogP) is 1.41. The predicted molar refractivity (Wildman–Crippen MR) is 72.6 cm³/mol. The molecule has 1 aromatic heterocycles. The molecule has 1 spiro atoms. The van der Waals surface area contributed by atoms with E-state index < -0.39 is 0 Å². The number of aromatic nitrogens is 2. The first-order valence-electron chi connectivity index (χ1n) is 6.97. The van der Waals surface area contributed by atoms with Gasteiger partial charge >= 0.3 is 0 Å². The van der Waals surface area contributed by atoms with Crippen LogP contribution in [0.15, 0.2) is 12.4 Å². The van der Waals surface area contributed by atoms with Gasteiger partial charge < -0.3 is 5.73 Å². The molecule has 2 N–H and O–H groups in total. The molecule has 19 heavy (non-hydrogen) atoms. The van der Waals surface area contributed by atoms with Crippen molar-refractivity contribution in [1.82, 2.24) is 9.97 Å². The molecule has 0 radical (unpaired) electrons. The van der Waals surface area contributed by atoms with E-state index in [1.54, 1.807) is 17.3 Å². The zero-order valence-corrected chi connectivity index (χ0v) is 11.3. The summed E-state index contributed by atoms with van der Waals surface area (Å²) in [5.74, 6) is 0.878. The third kappa shape index (κ3) is 2.12. The Kier molecular flexibility index (Phi) is 3.01. The highest BCUT2D eigenvalue weighted by Crippen LogP contribution is 2.45. The molecule has 2 heterocycles. The maximum Gasteiger partial charge on any atom is 0.234 e. The van der Waals surface area contributed by atoms with E-state index >= 15 is 0 Å². The second kappa shape index (κ2) is 4.56. The Morgan fingerprint density at radius 3 is 3.00 bits per heavy atom. The van der Waals surface area contributed by atoms with Gasteiger partial charge in [0, 0.05) is 18.8 Å². The summed E-state index contributed by atoms with van der Waals surface area (Å²) in [4.78, 5) is 23.1. The average Bonchev–Trinajstić information content (AvgIpc) is 2.67.